The summed E-state index contributed by atoms with van der Waals surface area (Å²) in [6.07, 6.45) is 1.53. The van der Waals surface area contributed by atoms with Crippen LogP contribution in [0, 0.1) is 0 Å². The van der Waals surface area contributed by atoms with Crippen LogP contribution in [0.3, 0.4) is 0 Å². The lowest BCUT2D eigenvalue weighted by atomic mass is 9.78. The normalized spacial score (nSPS) is 20.0. The number of nitrogens with zero attached hydrogens (tertiary/aromatic N) is 1. The van der Waals surface area contributed by atoms with Gasteiger partial charge >= 0.3 is 5.97 Å². The second kappa shape index (κ2) is 8.25. The molecule has 0 spiro atoms. The molecule has 0 saturated heterocycles. The van der Waals surface area contributed by atoms with E-state index in [9.17, 15) is 9.90 Å². The van der Waals surface area contributed by atoms with Crippen LogP contribution in [0.15, 0.2) is 18.2 Å². The maximum Gasteiger partial charge on any atom is 0.324 e. The topological polar surface area (TPSA) is 66.6 Å². The zero-order valence-corrected chi connectivity index (χ0v) is 14.6. The van der Waals surface area contributed by atoms with Gasteiger partial charge in [0.15, 0.2) is 0 Å². The van der Waals surface area contributed by atoms with Gasteiger partial charge in [-0.2, -0.15) is 0 Å². The van der Waals surface area contributed by atoms with Gasteiger partial charge in [-0.3, -0.25) is 4.79 Å². The Balaban J connectivity index is 0.00000242. The van der Waals surface area contributed by atoms with Crippen molar-refractivity contribution >= 4 is 47.3 Å². The minimum atomic E-state index is -1.16. The predicted octanol–water partition coefficient (Wildman–Crippen LogP) is 2.66. The van der Waals surface area contributed by atoms with Crippen molar-refractivity contribution in [2.24, 2.45) is 5.73 Å². The van der Waals surface area contributed by atoms with Crippen LogP contribution in [0.25, 0.3) is 0 Å². The highest BCUT2D eigenvalue weighted by atomic mass is 35.5. The number of carboxylic acids is 1. The lowest BCUT2D eigenvalue weighted by Gasteiger charge is -2.32. The number of nitrogens with two attached hydrogens (primary N) is 1. The first-order valence-corrected chi connectivity index (χ1v) is 8.08. The lowest BCUT2D eigenvalue weighted by molar-refractivity contribution is -0.143. The first kappa shape index (κ1) is 19.4. The van der Waals surface area contributed by atoms with Gasteiger partial charge in [0.2, 0.25) is 0 Å². The molecule has 124 valence electrons. The van der Waals surface area contributed by atoms with Crippen molar-refractivity contribution in [1.29, 1.82) is 0 Å². The third-order valence-electron chi connectivity index (χ3n) is 4.04. The van der Waals surface area contributed by atoms with Crippen molar-refractivity contribution in [3.05, 3.63) is 29.3 Å². The molecule has 1 atom stereocenters. The fourth-order valence-corrected chi connectivity index (χ4v) is 3.17. The molecule has 0 heterocycles. The van der Waals surface area contributed by atoms with E-state index < -0.39 is 11.5 Å². The Hall–Kier alpha value is -0.680. The fourth-order valence-electron chi connectivity index (χ4n) is 2.76. The summed E-state index contributed by atoms with van der Waals surface area (Å²) in [6, 6.07) is 6.13. The van der Waals surface area contributed by atoms with Crippen LogP contribution >= 0.6 is 35.6 Å². The molecule has 0 amide bonds. The summed E-state index contributed by atoms with van der Waals surface area (Å²) in [5.41, 5.74) is 8.06. The Morgan fingerprint density at radius 1 is 1.27 bits per heavy atom. The van der Waals surface area contributed by atoms with Crippen LogP contribution in [0.4, 0.5) is 5.69 Å². The SMILES string of the molecule is Cl.NC1(C(=O)O)CCc2ccc(N(CCCl)CCCl)cc2C1. The molecule has 1 aromatic carbocycles. The first-order valence-electron chi connectivity index (χ1n) is 7.01. The number of carboxylic acid groups (broad SMARTS) is 1. The molecule has 1 aliphatic rings. The Morgan fingerprint density at radius 3 is 2.45 bits per heavy atom. The van der Waals surface area contributed by atoms with Gasteiger partial charge in [-0.15, -0.1) is 35.6 Å². The standard InChI is InChI=1S/C15H20Cl2N2O2.ClH/c16-5-7-19(8-6-17)13-2-1-11-3-4-15(18,14(20)21)10-12(11)9-13;/h1-2,9H,3-8,10,18H2,(H,20,21);1H. The molecule has 0 fully saturated rings. The number of rotatable bonds is 6. The van der Waals surface area contributed by atoms with Gasteiger partial charge in [0.25, 0.3) is 0 Å². The molecular weight excluding hydrogens is 347 g/mol. The average molecular weight is 368 g/mol. The van der Waals surface area contributed by atoms with Crippen LogP contribution in [0.1, 0.15) is 17.5 Å². The van der Waals surface area contributed by atoms with E-state index >= 15 is 0 Å². The Bertz CT molecular complexity index is 522. The number of halogens is 3. The van der Waals surface area contributed by atoms with E-state index in [1.165, 1.54) is 5.56 Å². The quantitative estimate of drug-likeness (QED) is 0.759. The minimum Gasteiger partial charge on any atom is -0.480 e. The number of aryl methyl sites for hydroxylation is 1. The summed E-state index contributed by atoms with van der Waals surface area (Å²) in [6.45, 7) is 1.42. The van der Waals surface area contributed by atoms with E-state index in [1.54, 1.807) is 0 Å². The number of hydrogen-bond acceptors (Lipinski definition) is 3. The molecule has 22 heavy (non-hydrogen) atoms. The van der Waals surface area contributed by atoms with Gasteiger partial charge in [0, 0.05) is 37.0 Å². The van der Waals surface area contributed by atoms with Crippen molar-refractivity contribution in [2.45, 2.75) is 24.8 Å². The molecule has 2 rings (SSSR count). The number of hydrogen-bond donors (Lipinski definition) is 2. The van der Waals surface area contributed by atoms with Gasteiger partial charge in [-0.05, 0) is 36.1 Å². The molecular formula is C15H21Cl3N2O2. The summed E-state index contributed by atoms with van der Waals surface area (Å²) in [7, 11) is 0. The number of benzene rings is 1. The monoisotopic (exact) mass is 366 g/mol. The molecule has 7 heteroatoms. The Morgan fingerprint density at radius 2 is 1.91 bits per heavy atom. The van der Waals surface area contributed by atoms with Crippen LogP contribution in [-0.2, 0) is 17.6 Å². The van der Waals surface area contributed by atoms with Crippen LogP contribution in [0.2, 0.25) is 0 Å². The molecule has 1 unspecified atom stereocenters. The third-order valence-corrected chi connectivity index (χ3v) is 4.37. The zero-order valence-electron chi connectivity index (χ0n) is 12.2. The molecule has 0 radical (unpaired) electrons. The third kappa shape index (κ3) is 4.19. The molecule has 0 aliphatic heterocycles. The largest absolute Gasteiger partial charge is 0.480 e. The highest BCUT2D eigenvalue weighted by Crippen LogP contribution is 2.30. The fraction of sp³-hybridized carbons (Fsp3) is 0.533. The van der Waals surface area contributed by atoms with E-state index in [2.05, 4.69) is 11.0 Å². The second-order valence-electron chi connectivity index (χ2n) is 5.46. The number of carbonyl (C=O) groups is 1. The van der Waals surface area contributed by atoms with Gasteiger partial charge in [-0.1, -0.05) is 6.07 Å². The molecule has 4 nitrogen and oxygen atoms in total. The van der Waals surface area contributed by atoms with Crippen molar-refractivity contribution in [2.75, 3.05) is 29.7 Å². The summed E-state index contributed by atoms with van der Waals surface area (Å²) >= 11 is 11.7. The highest BCUT2D eigenvalue weighted by Gasteiger charge is 2.37. The molecule has 0 aromatic heterocycles. The summed E-state index contributed by atoms with van der Waals surface area (Å²) < 4.78 is 0. The summed E-state index contributed by atoms with van der Waals surface area (Å²) in [5, 5.41) is 9.30. The van der Waals surface area contributed by atoms with Crippen LogP contribution in [0.5, 0.6) is 0 Å². The Labute approximate surface area is 147 Å². The van der Waals surface area contributed by atoms with Gasteiger partial charge in [0.05, 0.1) is 0 Å². The smallest absolute Gasteiger partial charge is 0.324 e. The first-order chi connectivity index (χ1) is 10.00. The molecule has 3 N–H and O–H groups in total. The molecule has 1 aliphatic carbocycles. The van der Waals surface area contributed by atoms with Crippen molar-refractivity contribution in [1.82, 2.24) is 0 Å². The van der Waals surface area contributed by atoms with E-state index in [-0.39, 0.29) is 12.4 Å². The summed E-state index contributed by atoms with van der Waals surface area (Å²) in [4.78, 5) is 13.4. The van der Waals surface area contributed by atoms with Gasteiger partial charge in [-0.25, -0.2) is 0 Å². The van der Waals surface area contributed by atoms with Crippen molar-refractivity contribution in [3.8, 4) is 0 Å². The lowest BCUT2D eigenvalue weighted by Crippen LogP contribution is -2.52. The van der Waals surface area contributed by atoms with Crippen LogP contribution in [-0.4, -0.2) is 41.5 Å². The van der Waals surface area contributed by atoms with Crippen molar-refractivity contribution < 1.29 is 9.90 Å². The maximum atomic E-state index is 11.3. The minimum absolute atomic E-state index is 0. The van der Waals surface area contributed by atoms with E-state index in [1.807, 2.05) is 12.1 Å². The van der Waals surface area contributed by atoms with E-state index in [4.69, 9.17) is 28.9 Å². The zero-order chi connectivity index (χ0) is 15.5. The molecule has 1 aromatic rings. The highest BCUT2D eigenvalue weighted by molar-refractivity contribution is 6.18. The van der Waals surface area contributed by atoms with Gasteiger partial charge in [0.1, 0.15) is 5.54 Å². The van der Waals surface area contributed by atoms with Crippen molar-refractivity contribution in [3.63, 3.8) is 0 Å². The Kier molecular flexibility index (Phi) is 7.26. The molecule has 0 saturated carbocycles. The second-order valence-corrected chi connectivity index (χ2v) is 6.21. The average Bonchev–Trinajstić information content (AvgIpc) is 2.46. The van der Waals surface area contributed by atoms with E-state index in [0.29, 0.717) is 44.1 Å². The predicted molar refractivity (Wildman–Crippen MR) is 93.9 cm³/mol. The van der Waals surface area contributed by atoms with Gasteiger partial charge < -0.3 is 15.7 Å². The number of alkyl halides is 2. The number of anilines is 1. The number of aliphatic carboxylic acids is 1. The maximum absolute atomic E-state index is 11.3. The van der Waals surface area contributed by atoms with E-state index in [0.717, 1.165) is 11.3 Å². The van der Waals surface area contributed by atoms with Crippen LogP contribution < -0.4 is 10.6 Å². The summed E-state index contributed by atoms with van der Waals surface area (Å²) in [5.74, 6) is 0.102. The molecule has 0 bridgehead atoms. The number of fused-ring (bicyclic) bond motifs is 1.